The maximum Gasteiger partial charge on any atom is 0.240 e. The molecule has 3 N–H and O–H groups in total. The summed E-state index contributed by atoms with van der Waals surface area (Å²) in [6.07, 6.45) is 3.79. The second-order valence-electron chi connectivity index (χ2n) is 5.78. The summed E-state index contributed by atoms with van der Waals surface area (Å²) < 4.78 is 32.5. The zero-order valence-corrected chi connectivity index (χ0v) is 13.5. The highest BCUT2D eigenvalue weighted by atomic mass is 32.2. The second kappa shape index (κ2) is 6.34. The summed E-state index contributed by atoms with van der Waals surface area (Å²) in [5.74, 6) is 0. The fourth-order valence-corrected chi connectivity index (χ4v) is 3.60. The van der Waals surface area contributed by atoms with Gasteiger partial charge in [0.1, 0.15) is 0 Å². The Kier molecular flexibility index (Phi) is 4.91. The highest BCUT2D eigenvalue weighted by Crippen LogP contribution is 2.48. The minimum atomic E-state index is -3.50. The van der Waals surface area contributed by atoms with Crippen molar-refractivity contribution in [2.45, 2.75) is 37.5 Å². The van der Waals surface area contributed by atoms with Crippen LogP contribution in [0.3, 0.4) is 0 Å². The number of nitrogens with two attached hydrogens (primary N) is 1. The first kappa shape index (κ1) is 16.3. The van der Waals surface area contributed by atoms with Gasteiger partial charge in [-0.2, -0.15) is 0 Å². The first-order valence-electron chi connectivity index (χ1n) is 7.29. The SMILES string of the molecule is CCc1ccc(S(=O)(=O)NCC2(CCOC)CC2)cc1N. The van der Waals surface area contributed by atoms with Gasteiger partial charge in [0.05, 0.1) is 4.90 Å². The van der Waals surface area contributed by atoms with E-state index in [9.17, 15) is 8.42 Å². The molecule has 0 atom stereocenters. The molecular formula is C15H24N2O3S. The Labute approximate surface area is 126 Å². The van der Waals surface area contributed by atoms with Crippen molar-refractivity contribution in [3.63, 3.8) is 0 Å². The number of ether oxygens (including phenoxy) is 1. The lowest BCUT2D eigenvalue weighted by Gasteiger charge is -2.16. The summed E-state index contributed by atoms with van der Waals surface area (Å²) in [6.45, 7) is 3.12. The van der Waals surface area contributed by atoms with Crippen LogP contribution in [-0.2, 0) is 21.2 Å². The molecule has 1 fully saturated rings. The molecule has 0 aliphatic heterocycles. The van der Waals surface area contributed by atoms with Gasteiger partial charge < -0.3 is 10.5 Å². The molecule has 5 nitrogen and oxygen atoms in total. The number of benzene rings is 1. The Hall–Kier alpha value is -1.11. The molecule has 1 aromatic rings. The van der Waals surface area contributed by atoms with Crippen LogP contribution in [0.2, 0.25) is 0 Å². The van der Waals surface area contributed by atoms with E-state index in [0.29, 0.717) is 18.8 Å². The summed E-state index contributed by atoms with van der Waals surface area (Å²) in [7, 11) is -1.83. The topological polar surface area (TPSA) is 81.4 Å². The summed E-state index contributed by atoms with van der Waals surface area (Å²) in [5.41, 5.74) is 7.46. The molecule has 0 heterocycles. The van der Waals surface area contributed by atoms with E-state index in [2.05, 4.69) is 4.72 Å². The predicted octanol–water partition coefficient (Wildman–Crippen LogP) is 1.93. The summed E-state index contributed by atoms with van der Waals surface area (Å²) in [6, 6.07) is 4.93. The second-order valence-corrected chi connectivity index (χ2v) is 7.55. The van der Waals surface area contributed by atoms with Gasteiger partial charge >= 0.3 is 0 Å². The van der Waals surface area contributed by atoms with Gasteiger partial charge in [-0.05, 0) is 48.8 Å². The van der Waals surface area contributed by atoms with Crippen molar-refractivity contribution < 1.29 is 13.2 Å². The number of methoxy groups -OCH3 is 1. The number of rotatable bonds is 8. The molecule has 118 valence electrons. The molecule has 2 rings (SSSR count). The Morgan fingerprint density at radius 2 is 2.10 bits per heavy atom. The van der Waals surface area contributed by atoms with Gasteiger partial charge in [-0.25, -0.2) is 13.1 Å². The van der Waals surface area contributed by atoms with Gasteiger partial charge in [-0.3, -0.25) is 0 Å². The summed E-state index contributed by atoms with van der Waals surface area (Å²) in [4.78, 5) is 0.236. The van der Waals surface area contributed by atoms with E-state index < -0.39 is 10.0 Å². The largest absolute Gasteiger partial charge is 0.398 e. The van der Waals surface area contributed by atoms with E-state index in [1.54, 1.807) is 19.2 Å². The van der Waals surface area contributed by atoms with Crippen LogP contribution in [0, 0.1) is 5.41 Å². The number of hydrogen-bond acceptors (Lipinski definition) is 4. The van der Waals surface area contributed by atoms with Crippen molar-refractivity contribution in [1.29, 1.82) is 0 Å². The molecule has 6 heteroatoms. The van der Waals surface area contributed by atoms with Crippen molar-refractivity contribution in [2.24, 2.45) is 5.41 Å². The lowest BCUT2D eigenvalue weighted by molar-refractivity contribution is 0.173. The minimum absolute atomic E-state index is 0.0813. The molecule has 0 unspecified atom stereocenters. The Balaban J connectivity index is 2.03. The molecular weight excluding hydrogens is 288 g/mol. The molecule has 1 saturated carbocycles. The lowest BCUT2D eigenvalue weighted by Crippen LogP contribution is -2.31. The third-order valence-corrected chi connectivity index (χ3v) is 5.64. The zero-order chi connectivity index (χ0) is 15.5. The van der Waals surface area contributed by atoms with Crippen LogP contribution in [0.4, 0.5) is 5.69 Å². The maximum absolute atomic E-state index is 12.3. The fraction of sp³-hybridized carbons (Fsp3) is 0.600. The molecule has 0 spiro atoms. The van der Waals surface area contributed by atoms with E-state index >= 15 is 0 Å². The lowest BCUT2D eigenvalue weighted by atomic mass is 10.0. The van der Waals surface area contributed by atoms with Crippen LogP contribution < -0.4 is 10.5 Å². The maximum atomic E-state index is 12.3. The highest BCUT2D eigenvalue weighted by Gasteiger charge is 2.42. The Bertz CT molecular complexity index is 595. The third kappa shape index (κ3) is 3.96. The van der Waals surface area contributed by atoms with Crippen molar-refractivity contribution >= 4 is 15.7 Å². The molecule has 21 heavy (non-hydrogen) atoms. The van der Waals surface area contributed by atoms with Crippen LogP contribution in [-0.4, -0.2) is 28.7 Å². The molecule has 1 aliphatic carbocycles. The summed E-state index contributed by atoms with van der Waals surface area (Å²) >= 11 is 0. The van der Waals surface area contributed by atoms with Gasteiger partial charge in [0.25, 0.3) is 0 Å². The van der Waals surface area contributed by atoms with Gasteiger partial charge in [0.2, 0.25) is 10.0 Å². The molecule has 0 aromatic heterocycles. The number of nitrogens with one attached hydrogen (secondary N) is 1. The molecule has 0 saturated heterocycles. The van der Waals surface area contributed by atoms with Crippen molar-refractivity contribution in [3.05, 3.63) is 23.8 Å². The molecule has 0 bridgehead atoms. The van der Waals surface area contributed by atoms with Crippen molar-refractivity contribution in [3.8, 4) is 0 Å². The number of anilines is 1. The van der Waals surface area contributed by atoms with E-state index in [-0.39, 0.29) is 10.3 Å². The molecule has 0 amide bonds. The normalized spacial score (nSPS) is 16.9. The highest BCUT2D eigenvalue weighted by molar-refractivity contribution is 7.89. The Morgan fingerprint density at radius 1 is 1.38 bits per heavy atom. The third-order valence-electron chi connectivity index (χ3n) is 4.24. The average Bonchev–Trinajstić information content (AvgIpc) is 3.24. The quantitative estimate of drug-likeness (QED) is 0.719. The van der Waals surface area contributed by atoms with E-state index in [0.717, 1.165) is 31.2 Å². The number of sulfonamides is 1. The van der Waals surface area contributed by atoms with Gasteiger partial charge in [-0.15, -0.1) is 0 Å². The van der Waals surface area contributed by atoms with Crippen molar-refractivity contribution in [2.75, 3.05) is 26.0 Å². The number of nitrogen functional groups attached to an aromatic ring is 1. The summed E-state index contributed by atoms with van der Waals surface area (Å²) in [5, 5.41) is 0. The van der Waals surface area contributed by atoms with E-state index in [1.165, 1.54) is 6.07 Å². The van der Waals surface area contributed by atoms with Gasteiger partial charge in [-0.1, -0.05) is 13.0 Å². The molecule has 0 radical (unpaired) electrons. The monoisotopic (exact) mass is 312 g/mol. The zero-order valence-electron chi connectivity index (χ0n) is 12.7. The average molecular weight is 312 g/mol. The van der Waals surface area contributed by atoms with E-state index in [1.807, 2.05) is 6.92 Å². The smallest absolute Gasteiger partial charge is 0.240 e. The Morgan fingerprint density at radius 3 is 2.62 bits per heavy atom. The fourth-order valence-electron chi connectivity index (χ4n) is 2.40. The van der Waals surface area contributed by atoms with Gasteiger partial charge in [0.15, 0.2) is 0 Å². The minimum Gasteiger partial charge on any atom is -0.398 e. The molecule has 1 aliphatic rings. The van der Waals surface area contributed by atoms with Crippen LogP contribution in [0.1, 0.15) is 31.7 Å². The van der Waals surface area contributed by atoms with Crippen LogP contribution in [0.15, 0.2) is 23.1 Å². The molecule has 1 aromatic carbocycles. The van der Waals surface area contributed by atoms with Crippen LogP contribution in [0.25, 0.3) is 0 Å². The van der Waals surface area contributed by atoms with Crippen LogP contribution in [0.5, 0.6) is 0 Å². The first-order chi connectivity index (χ1) is 9.92. The van der Waals surface area contributed by atoms with Crippen LogP contribution >= 0.6 is 0 Å². The number of aryl methyl sites for hydroxylation is 1. The van der Waals surface area contributed by atoms with Gasteiger partial charge in [0, 0.05) is 25.9 Å². The van der Waals surface area contributed by atoms with Crippen molar-refractivity contribution in [1.82, 2.24) is 4.72 Å². The first-order valence-corrected chi connectivity index (χ1v) is 8.78. The standard InChI is InChI=1S/C15H24N2O3S/c1-3-12-4-5-13(10-14(12)16)21(18,19)17-11-15(6-7-15)8-9-20-2/h4-5,10,17H,3,6-9,11,16H2,1-2H3. The number of hydrogen-bond donors (Lipinski definition) is 2. The predicted molar refractivity (Wildman–Crippen MR) is 83.6 cm³/mol. The van der Waals surface area contributed by atoms with E-state index in [4.69, 9.17) is 10.5 Å².